The number of nitrogens with zero attached hydrogens (tertiary/aromatic N) is 1. The van der Waals surface area contributed by atoms with Crippen molar-refractivity contribution in [3.63, 3.8) is 0 Å². The molecule has 1 amide bonds. The second-order valence-corrected chi connectivity index (χ2v) is 7.17. The maximum absolute atomic E-state index is 13.0. The van der Waals surface area contributed by atoms with Crippen LogP contribution in [0.3, 0.4) is 0 Å². The minimum absolute atomic E-state index is 0.0716. The number of carbonyl (C=O) groups excluding carboxylic acids is 1. The lowest BCUT2D eigenvalue weighted by atomic mass is 9.52. The molecule has 2 rings (SSSR count). The van der Waals surface area contributed by atoms with E-state index < -0.39 is 17.6 Å². The summed E-state index contributed by atoms with van der Waals surface area (Å²) >= 11 is 0. The van der Waals surface area contributed by atoms with Gasteiger partial charge in [-0.2, -0.15) is 0 Å². The van der Waals surface area contributed by atoms with E-state index in [1.807, 2.05) is 0 Å². The molecule has 1 N–H and O–H groups in total. The Kier molecular flexibility index (Phi) is 3.73. The normalized spacial score (nSPS) is 23.9. The van der Waals surface area contributed by atoms with Gasteiger partial charge in [-0.05, 0) is 39.0 Å². The summed E-state index contributed by atoms with van der Waals surface area (Å²) in [6.45, 7) is 5.36. The van der Waals surface area contributed by atoms with Gasteiger partial charge in [-0.15, -0.1) is 0 Å². The van der Waals surface area contributed by atoms with Gasteiger partial charge in [0.25, 0.3) is 0 Å². The summed E-state index contributed by atoms with van der Waals surface area (Å²) in [6, 6.07) is -0.0897. The van der Waals surface area contributed by atoms with E-state index in [0.29, 0.717) is 12.8 Å². The smallest absolute Gasteiger partial charge is 0.410 e. The van der Waals surface area contributed by atoms with Crippen molar-refractivity contribution in [2.75, 3.05) is 13.2 Å². The first kappa shape index (κ1) is 15.5. The zero-order valence-electron chi connectivity index (χ0n) is 12.3. The topological polar surface area (TPSA) is 49.8 Å². The number of aliphatic hydroxyl groups excluding tert-OH is 1. The lowest BCUT2D eigenvalue weighted by molar-refractivity contribution is -0.208. The molecule has 0 bridgehead atoms. The molecule has 0 aliphatic heterocycles. The molecule has 6 heteroatoms. The molecule has 0 saturated heterocycles. The summed E-state index contributed by atoms with van der Waals surface area (Å²) in [4.78, 5) is 13.6. The molecule has 0 atom stereocenters. The van der Waals surface area contributed by atoms with Crippen molar-refractivity contribution in [3.05, 3.63) is 0 Å². The molecule has 116 valence electrons. The Labute approximate surface area is 118 Å². The predicted octanol–water partition coefficient (Wildman–Crippen LogP) is 2.79. The fourth-order valence-electron chi connectivity index (χ4n) is 3.35. The first-order valence-corrected chi connectivity index (χ1v) is 7.04. The molecule has 0 aromatic rings. The number of halogens is 2. The van der Waals surface area contributed by atoms with Crippen LogP contribution in [0.4, 0.5) is 13.6 Å². The molecule has 0 aromatic carbocycles. The zero-order chi connectivity index (χ0) is 15.2. The van der Waals surface area contributed by atoms with Gasteiger partial charge in [0.05, 0.1) is 6.61 Å². The number of aliphatic hydroxyl groups is 1. The van der Waals surface area contributed by atoms with Crippen LogP contribution in [0.15, 0.2) is 0 Å². The van der Waals surface area contributed by atoms with Gasteiger partial charge in [-0.3, -0.25) is 0 Å². The Morgan fingerprint density at radius 1 is 1.35 bits per heavy atom. The Morgan fingerprint density at radius 3 is 2.30 bits per heavy atom. The van der Waals surface area contributed by atoms with Crippen LogP contribution in [0.25, 0.3) is 0 Å². The number of hydrogen-bond acceptors (Lipinski definition) is 3. The minimum atomic E-state index is -2.53. The average Bonchev–Trinajstić information content (AvgIpc) is 2.16. The molecule has 2 aliphatic carbocycles. The molecule has 2 saturated carbocycles. The Hall–Kier alpha value is -0.910. The van der Waals surface area contributed by atoms with Crippen LogP contribution in [-0.4, -0.2) is 46.8 Å². The quantitative estimate of drug-likeness (QED) is 0.870. The molecule has 2 aliphatic rings. The van der Waals surface area contributed by atoms with Crippen LogP contribution < -0.4 is 0 Å². The minimum Gasteiger partial charge on any atom is -0.444 e. The van der Waals surface area contributed by atoms with Gasteiger partial charge in [0, 0.05) is 25.4 Å². The van der Waals surface area contributed by atoms with Crippen molar-refractivity contribution in [2.24, 2.45) is 5.41 Å². The highest BCUT2D eigenvalue weighted by Crippen LogP contribution is 2.63. The molecular weight excluding hydrogens is 268 g/mol. The largest absolute Gasteiger partial charge is 0.444 e. The lowest BCUT2D eigenvalue weighted by Gasteiger charge is -2.59. The maximum Gasteiger partial charge on any atom is 0.410 e. The monoisotopic (exact) mass is 291 g/mol. The highest BCUT2D eigenvalue weighted by atomic mass is 19.3. The van der Waals surface area contributed by atoms with Crippen molar-refractivity contribution in [1.29, 1.82) is 0 Å². The van der Waals surface area contributed by atoms with Gasteiger partial charge >= 0.3 is 6.09 Å². The number of carbonyl (C=O) groups is 1. The second-order valence-electron chi connectivity index (χ2n) is 7.17. The molecule has 0 unspecified atom stereocenters. The van der Waals surface area contributed by atoms with Crippen LogP contribution in [0, 0.1) is 5.41 Å². The predicted molar refractivity (Wildman–Crippen MR) is 69.7 cm³/mol. The van der Waals surface area contributed by atoms with Crippen molar-refractivity contribution in [3.8, 4) is 0 Å². The summed E-state index contributed by atoms with van der Waals surface area (Å²) in [7, 11) is 0. The van der Waals surface area contributed by atoms with E-state index in [1.165, 1.54) is 4.90 Å². The Balaban J connectivity index is 1.90. The number of amides is 1. The highest BCUT2D eigenvalue weighted by Gasteiger charge is 2.63. The van der Waals surface area contributed by atoms with E-state index >= 15 is 0 Å². The molecular formula is C14H23F2NO3. The van der Waals surface area contributed by atoms with Crippen molar-refractivity contribution in [2.45, 2.75) is 64.0 Å². The molecule has 4 nitrogen and oxygen atoms in total. The van der Waals surface area contributed by atoms with Crippen LogP contribution >= 0.6 is 0 Å². The third-order valence-electron chi connectivity index (χ3n) is 4.01. The summed E-state index contributed by atoms with van der Waals surface area (Å²) in [6.07, 6.45) is 0.552. The number of alkyl halides is 2. The van der Waals surface area contributed by atoms with Crippen LogP contribution in [0.2, 0.25) is 0 Å². The van der Waals surface area contributed by atoms with Crippen molar-refractivity contribution < 1.29 is 23.4 Å². The standard InChI is InChI=1S/C14H23F2NO3/c1-12(2,3)20-11(19)17(4-5-18)10-6-13(7-10)8-14(15,16)9-13/h10,18H,4-9H2,1-3H3. The van der Waals surface area contributed by atoms with Gasteiger partial charge in [0.2, 0.25) is 5.92 Å². The van der Waals surface area contributed by atoms with Crippen LogP contribution in [0.1, 0.15) is 46.5 Å². The van der Waals surface area contributed by atoms with Gasteiger partial charge in [-0.25, -0.2) is 13.6 Å². The van der Waals surface area contributed by atoms with Crippen molar-refractivity contribution in [1.82, 2.24) is 4.90 Å². The summed E-state index contributed by atoms with van der Waals surface area (Å²) in [5.74, 6) is -2.53. The van der Waals surface area contributed by atoms with E-state index in [0.717, 1.165) is 0 Å². The Morgan fingerprint density at radius 2 is 1.90 bits per heavy atom. The highest BCUT2D eigenvalue weighted by molar-refractivity contribution is 5.68. The molecule has 1 spiro atoms. The van der Waals surface area contributed by atoms with Gasteiger partial charge in [0.15, 0.2) is 0 Å². The average molecular weight is 291 g/mol. The SMILES string of the molecule is CC(C)(C)OC(=O)N(CCO)C1CC2(C1)CC(F)(F)C2. The van der Waals surface area contributed by atoms with E-state index in [1.54, 1.807) is 20.8 Å². The van der Waals surface area contributed by atoms with Crippen LogP contribution in [-0.2, 0) is 4.74 Å². The molecule has 20 heavy (non-hydrogen) atoms. The first-order valence-electron chi connectivity index (χ1n) is 7.04. The fourth-order valence-corrected chi connectivity index (χ4v) is 3.35. The van der Waals surface area contributed by atoms with Crippen LogP contribution in [0.5, 0.6) is 0 Å². The summed E-state index contributed by atoms with van der Waals surface area (Å²) in [5.41, 5.74) is -0.889. The number of hydrogen-bond donors (Lipinski definition) is 1. The van der Waals surface area contributed by atoms with Gasteiger partial charge in [-0.1, -0.05) is 0 Å². The number of rotatable bonds is 3. The lowest BCUT2D eigenvalue weighted by Crippen LogP contribution is -2.61. The molecule has 0 aromatic heterocycles. The molecule has 0 heterocycles. The van der Waals surface area contributed by atoms with Gasteiger partial charge in [0.1, 0.15) is 5.60 Å². The van der Waals surface area contributed by atoms with E-state index in [9.17, 15) is 13.6 Å². The fraction of sp³-hybridized carbons (Fsp3) is 0.929. The third-order valence-corrected chi connectivity index (χ3v) is 4.01. The van der Waals surface area contributed by atoms with Crippen molar-refractivity contribution >= 4 is 6.09 Å². The summed E-state index contributed by atoms with van der Waals surface area (Å²) < 4.78 is 31.2. The molecule has 2 fully saturated rings. The van der Waals surface area contributed by atoms with E-state index in [2.05, 4.69) is 0 Å². The maximum atomic E-state index is 13.0. The molecule has 0 radical (unpaired) electrons. The van der Waals surface area contributed by atoms with E-state index in [4.69, 9.17) is 9.84 Å². The number of ether oxygens (including phenoxy) is 1. The Bertz CT molecular complexity index is 376. The van der Waals surface area contributed by atoms with E-state index in [-0.39, 0.29) is 37.5 Å². The zero-order valence-corrected chi connectivity index (χ0v) is 12.3. The second kappa shape index (κ2) is 4.83. The van der Waals surface area contributed by atoms with Gasteiger partial charge < -0.3 is 14.7 Å². The third kappa shape index (κ3) is 3.22. The first-order chi connectivity index (χ1) is 9.06. The summed E-state index contributed by atoms with van der Waals surface area (Å²) in [5, 5.41) is 9.07.